The molecule has 0 amide bonds. The third kappa shape index (κ3) is 5.02. The second kappa shape index (κ2) is 7.09. The minimum Gasteiger partial charge on any atom is -0.460 e. The number of hydrogen-bond acceptors (Lipinski definition) is 4. The van der Waals surface area contributed by atoms with Gasteiger partial charge in [-0.3, -0.25) is 0 Å². The number of carbonyl (C=O) groups excluding carboxylic acids is 2. The second-order valence-electron chi connectivity index (χ2n) is 4.28. The molecule has 4 nitrogen and oxygen atoms in total. The Bertz CT molecular complexity index is 290. The highest BCUT2D eigenvalue weighted by Gasteiger charge is 2.23. The molecule has 17 heavy (non-hydrogen) atoms. The molecule has 1 saturated carbocycles. The molecule has 1 aliphatic carbocycles. The van der Waals surface area contributed by atoms with Crippen molar-refractivity contribution in [2.24, 2.45) is 0 Å². The van der Waals surface area contributed by atoms with Crippen LogP contribution in [0.4, 0.5) is 0 Å². The van der Waals surface area contributed by atoms with Crippen molar-refractivity contribution in [2.45, 2.75) is 58.2 Å². The maximum Gasteiger partial charge on any atom is 0.347 e. The number of hydrogen-bond donors (Lipinski definition) is 0. The van der Waals surface area contributed by atoms with Crippen LogP contribution in [0, 0.1) is 0 Å². The second-order valence-corrected chi connectivity index (χ2v) is 4.28. The predicted molar refractivity (Wildman–Crippen MR) is 63.3 cm³/mol. The Kier molecular flexibility index (Phi) is 5.73. The molecule has 4 heteroatoms. The number of rotatable bonds is 4. The molecule has 0 bridgehead atoms. The van der Waals surface area contributed by atoms with Gasteiger partial charge < -0.3 is 9.47 Å². The first-order valence-electron chi connectivity index (χ1n) is 6.17. The lowest BCUT2D eigenvalue weighted by molar-refractivity contribution is -0.168. The normalized spacial score (nSPS) is 18.9. The Morgan fingerprint density at radius 2 is 1.88 bits per heavy atom. The number of ether oxygens (including phenoxy) is 2. The van der Waals surface area contributed by atoms with Crippen LogP contribution in [0.3, 0.4) is 0 Å². The Balaban J connectivity index is 2.32. The maximum absolute atomic E-state index is 11.6. The molecule has 0 aromatic carbocycles. The highest BCUT2D eigenvalue weighted by Crippen LogP contribution is 2.20. The van der Waals surface area contributed by atoms with E-state index in [-0.39, 0.29) is 6.10 Å². The zero-order valence-corrected chi connectivity index (χ0v) is 10.5. The van der Waals surface area contributed by atoms with E-state index >= 15 is 0 Å². The van der Waals surface area contributed by atoms with Gasteiger partial charge in [-0.2, -0.15) is 0 Å². The molecular formula is C13H20O4. The van der Waals surface area contributed by atoms with Gasteiger partial charge in [-0.25, -0.2) is 9.59 Å². The van der Waals surface area contributed by atoms with Crippen LogP contribution >= 0.6 is 0 Å². The summed E-state index contributed by atoms with van der Waals surface area (Å²) >= 11 is 0. The lowest BCUT2D eigenvalue weighted by Gasteiger charge is -2.23. The largest absolute Gasteiger partial charge is 0.460 e. The van der Waals surface area contributed by atoms with Gasteiger partial charge in [0.25, 0.3) is 0 Å². The molecule has 96 valence electrons. The van der Waals surface area contributed by atoms with Crippen molar-refractivity contribution in [1.82, 2.24) is 0 Å². The Morgan fingerprint density at radius 3 is 2.47 bits per heavy atom. The highest BCUT2D eigenvalue weighted by molar-refractivity contribution is 5.85. The summed E-state index contributed by atoms with van der Waals surface area (Å²) in [7, 11) is 0. The van der Waals surface area contributed by atoms with Gasteiger partial charge in [0.2, 0.25) is 0 Å². The van der Waals surface area contributed by atoms with Gasteiger partial charge in [-0.15, -0.1) is 0 Å². The van der Waals surface area contributed by atoms with Crippen LogP contribution in [0.5, 0.6) is 0 Å². The van der Waals surface area contributed by atoms with Crippen LogP contribution in [0.25, 0.3) is 0 Å². The third-order valence-corrected chi connectivity index (χ3v) is 2.76. The molecule has 0 aromatic heterocycles. The molecule has 0 aromatic rings. The van der Waals surface area contributed by atoms with Crippen molar-refractivity contribution >= 4 is 11.9 Å². The first-order chi connectivity index (χ1) is 8.13. The Morgan fingerprint density at radius 1 is 1.24 bits per heavy atom. The summed E-state index contributed by atoms with van der Waals surface area (Å²) in [5.41, 5.74) is 0. The van der Waals surface area contributed by atoms with E-state index in [2.05, 4.69) is 0 Å². The van der Waals surface area contributed by atoms with Crippen molar-refractivity contribution in [3.05, 3.63) is 12.2 Å². The SMILES string of the molecule is C/C=C\C(=O)OC(C)C(=O)OC1CCCCC1. The van der Waals surface area contributed by atoms with Crippen LogP contribution in [-0.4, -0.2) is 24.1 Å². The Labute approximate surface area is 102 Å². The van der Waals surface area contributed by atoms with Crippen molar-refractivity contribution < 1.29 is 19.1 Å². The molecule has 1 aliphatic rings. The van der Waals surface area contributed by atoms with E-state index in [1.54, 1.807) is 13.0 Å². The molecule has 0 N–H and O–H groups in total. The number of allylic oxidation sites excluding steroid dienone is 1. The van der Waals surface area contributed by atoms with Gasteiger partial charge in [-0.1, -0.05) is 12.5 Å². The summed E-state index contributed by atoms with van der Waals surface area (Å²) in [6, 6.07) is 0. The average molecular weight is 240 g/mol. The van der Waals surface area contributed by atoms with Crippen molar-refractivity contribution in [1.29, 1.82) is 0 Å². The van der Waals surface area contributed by atoms with Crippen molar-refractivity contribution in [2.75, 3.05) is 0 Å². The first-order valence-corrected chi connectivity index (χ1v) is 6.17. The summed E-state index contributed by atoms with van der Waals surface area (Å²) in [5.74, 6) is -0.963. The minimum atomic E-state index is -0.833. The maximum atomic E-state index is 11.6. The fourth-order valence-electron chi connectivity index (χ4n) is 1.84. The highest BCUT2D eigenvalue weighted by atomic mass is 16.6. The molecule has 0 saturated heterocycles. The van der Waals surface area contributed by atoms with Crippen LogP contribution in [0.1, 0.15) is 46.0 Å². The zero-order valence-electron chi connectivity index (χ0n) is 10.5. The lowest BCUT2D eigenvalue weighted by Crippen LogP contribution is -2.30. The zero-order chi connectivity index (χ0) is 12.7. The predicted octanol–water partition coefficient (Wildman–Crippen LogP) is 2.37. The molecular weight excluding hydrogens is 220 g/mol. The molecule has 1 atom stereocenters. The van der Waals surface area contributed by atoms with Crippen LogP contribution < -0.4 is 0 Å². The van der Waals surface area contributed by atoms with E-state index in [0.717, 1.165) is 25.7 Å². The van der Waals surface area contributed by atoms with E-state index in [9.17, 15) is 9.59 Å². The van der Waals surface area contributed by atoms with E-state index in [1.807, 2.05) is 0 Å². The molecule has 1 fully saturated rings. The summed E-state index contributed by atoms with van der Waals surface area (Å²) in [6.07, 6.45) is 7.27. The van der Waals surface area contributed by atoms with Crippen LogP contribution in [0.15, 0.2) is 12.2 Å². The summed E-state index contributed by atoms with van der Waals surface area (Å²) < 4.78 is 10.2. The van der Waals surface area contributed by atoms with Gasteiger partial charge >= 0.3 is 11.9 Å². The first kappa shape index (κ1) is 13.7. The molecule has 0 aliphatic heterocycles. The molecule has 0 spiro atoms. The third-order valence-electron chi connectivity index (χ3n) is 2.76. The molecule has 0 heterocycles. The van der Waals surface area contributed by atoms with Crippen LogP contribution in [0.2, 0.25) is 0 Å². The van der Waals surface area contributed by atoms with Gasteiger partial charge in [0.1, 0.15) is 6.10 Å². The number of carbonyl (C=O) groups is 2. The summed E-state index contributed by atoms with van der Waals surface area (Å²) in [4.78, 5) is 22.8. The van der Waals surface area contributed by atoms with E-state index in [1.165, 1.54) is 19.4 Å². The standard InChI is InChI=1S/C13H20O4/c1-3-7-12(14)16-10(2)13(15)17-11-8-5-4-6-9-11/h3,7,10-11H,4-6,8-9H2,1-2H3/b7-3-. The van der Waals surface area contributed by atoms with E-state index < -0.39 is 18.0 Å². The van der Waals surface area contributed by atoms with E-state index in [0.29, 0.717) is 0 Å². The van der Waals surface area contributed by atoms with Gasteiger partial charge in [0.05, 0.1) is 0 Å². The van der Waals surface area contributed by atoms with Gasteiger partial charge in [-0.05, 0) is 39.5 Å². The molecule has 1 unspecified atom stereocenters. The topological polar surface area (TPSA) is 52.6 Å². The molecule has 0 radical (unpaired) electrons. The fraction of sp³-hybridized carbons (Fsp3) is 0.692. The van der Waals surface area contributed by atoms with Gasteiger partial charge in [0, 0.05) is 6.08 Å². The lowest BCUT2D eigenvalue weighted by atomic mass is 9.98. The average Bonchev–Trinajstić information content (AvgIpc) is 2.30. The van der Waals surface area contributed by atoms with Crippen molar-refractivity contribution in [3.8, 4) is 0 Å². The smallest absolute Gasteiger partial charge is 0.347 e. The monoisotopic (exact) mass is 240 g/mol. The fourth-order valence-corrected chi connectivity index (χ4v) is 1.84. The summed E-state index contributed by atoms with van der Waals surface area (Å²) in [5, 5.41) is 0. The minimum absolute atomic E-state index is 0.000815. The van der Waals surface area contributed by atoms with E-state index in [4.69, 9.17) is 9.47 Å². The quantitative estimate of drug-likeness (QED) is 0.559. The van der Waals surface area contributed by atoms with Crippen molar-refractivity contribution in [3.63, 3.8) is 0 Å². The van der Waals surface area contributed by atoms with Crippen LogP contribution in [-0.2, 0) is 19.1 Å². The molecule has 1 rings (SSSR count). The summed E-state index contributed by atoms with van der Waals surface area (Å²) in [6.45, 7) is 3.25. The van der Waals surface area contributed by atoms with Gasteiger partial charge in [0.15, 0.2) is 6.10 Å². The number of esters is 2. The Hall–Kier alpha value is -1.32.